The summed E-state index contributed by atoms with van der Waals surface area (Å²) in [6.45, 7) is -0.575. The topological polar surface area (TPSA) is 149 Å². The molecule has 0 aliphatic rings. The quantitative estimate of drug-likeness (QED) is 0.712. The van der Waals surface area contributed by atoms with Gasteiger partial charge in [0.1, 0.15) is 10.6 Å². The van der Waals surface area contributed by atoms with E-state index in [9.17, 15) is 21.9 Å². The lowest BCUT2D eigenvalue weighted by atomic mass is 10.1. The predicted octanol–water partition coefficient (Wildman–Crippen LogP) is -1.04. The van der Waals surface area contributed by atoms with Crippen LogP contribution in [-0.2, 0) is 31.6 Å². The Kier molecular flexibility index (Phi) is 4.53. The van der Waals surface area contributed by atoms with Gasteiger partial charge < -0.3 is 4.74 Å². The molecule has 107 valence electrons. The molecular weight excluding hydrogens is 296 g/mol. The van der Waals surface area contributed by atoms with Gasteiger partial charge >= 0.3 is 0 Å². The normalized spacial score (nSPS) is 12.4. The van der Waals surface area contributed by atoms with Crippen molar-refractivity contribution < 1.29 is 26.7 Å². The molecule has 1 aromatic rings. The molecule has 8 nitrogen and oxygen atoms in total. The van der Waals surface area contributed by atoms with Crippen LogP contribution in [0, 0.1) is 0 Å². The van der Waals surface area contributed by atoms with Gasteiger partial charge in [0, 0.05) is 6.42 Å². The van der Waals surface area contributed by atoms with Crippen molar-refractivity contribution in [3.8, 4) is 5.75 Å². The van der Waals surface area contributed by atoms with Gasteiger partial charge in [-0.2, -0.15) is 0 Å². The number of methoxy groups -OCH3 is 1. The number of ether oxygens (including phenoxy) is 1. The molecule has 0 aromatic heterocycles. The van der Waals surface area contributed by atoms with Crippen LogP contribution < -0.4 is 15.0 Å². The third kappa shape index (κ3) is 3.64. The molecule has 0 aliphatic carbocycles. The second-order valence-electron chi connectivity index (χ2n) is 3.66. The minimum atomic E-state index is -4.22. The van der Waals surface area contributed by atoms with E-state index in [0.29, 0.717) is 0 Å². The molecule has 0 saturated carbocycles. The molecule has 0 fully saturated rings. The molecular formula is C9H13N2O6S2. The van der Waals surface area contributed by atoms with Gasteiger partial charge in [-0.25, -0.2) is 32.2 Å². The molecule has 0 spiro atoms. The van der Waals surface area contributed by atoms with Crippen LogP contribution in [0.4, 0.5) is 0 Å². The molecule has 4 N–H and O–H groups in total. The van der Waals surface area contributed by atoms with Crippen LogP contribution in [0.2, 0.25) is 0 Å². The van der Waals surface area contributed by atoms with Crippen LogP contribution >= 0.6 is 0 Å². The lowest BCUT2D eigenvalue weighted by molar-refractivity contribution is 0.196. The Morgan fingerprint density at radius 2 is 1.68 bits per heavy atom. The first kappa shape index (κ1) is 15.9. The first-order valence-electron chi connectivity index (χ1n) is 4.96. The summed E-state index contributed by atoms with van der Waals surface area (Å²) in [5.41, 5.74) is 0.119. The van der Waals surface area contributed by atoms with Crippen molar-refractivity contribution >= 4 is 20.0 Å². The fourth-order valence-electron chi connectivity index (χ4n) is 1.53. The van der Waals surface area contributed by atoms with Crippen molar-refractivity contribution in [2.24, 2.45) is 10.3 Å². The fourth-order valence-corrected chi connectivity index (χ4v) is 2.96. The van der Waals surface area contributed by atoms with Gasteiger partial charge in [0.05, 0.1) is 18.6 Å². The smallest absolute Gasteiger partial charge is 0.241 e. The second-order valence-corrected chi connectivity index (χ2v) is 6.75. The van der Waals surface area contributed by atoms with E-state index in [1.165, 1.54) is 7.11 Å². The van der Waals surface area contributed by atoms with Crippen molar-refractivity contribution in [3.63, 3.8) is 0 Å². The lowest BCUT2D eigenvalue weighted by Gasteiger charge is -2.13. The van der Waals surface area contributed by atoms with Gasteiger partial charge in [-0.3, -0.25) is 0 Å². The minimum absolute atomic E-state index is 0.116. The summed E-state index contributed by atoms with van der Waals surface area (Å²) in [6.07, 6.45) is -0.116. The number of sulfonamides is 2. The van der Waals surface area contributed by atoms with Gasteiger partial charge in [-0.1, -0.05) is 0 Å². The molecule has 1 aromatic carbocycles. The SMILES string of the molecule is COc1c(CC[O])cc(S(N)(=O)=O)cc1S(N)(=O)=O. The molecule has 0 aliphatic heterocycles. The third-order valence-electron chi connectivity index (χ3n) is 2.32. The zero-order valence-electron chi connectivity index (χ0n) is 9.99. The van der Waals surface area contributed by atoms with E-state index in [4.69, 9.17) is 15.0 Å². The number of benzene rings is 1. The molecule has 1 rings (SSSR count). The average Bonchev–Trinajstić information content (AvgIpc) is 2.26. The highest BCUT2D eigenvalue weighted by molar-refractivity contribution is 7.90. The van der Waals surface area contributed by atoms with Crippen molar-refractivity contribution in [1.82, 2.24) is 0 Å². The van der Waals surface area contributed by atoms with Crippen LogP contribution in [0.15, 0.2) is 21.9 Å². The summed E-state index contributed by atoms with van der Waals surface area (Å²) in [4.78, 5) is -0.967. The zero-order chi connectivity index (χ0) is 14.8. The Morgan fingerprint density at radius 1 is 1.11 bits per heavy atom. The van der Waals surface area contributed by atoms with E-state index < -0.39 is 36.4 Å². The van der Waals surface area contributed by atoms with Crippen LogP contribution in [0.25, 0.3) is 0 Å². The van der Waals surface area contributed by atoms with Crippen molar-refractivity contribution in [3.05, 3.63) is 17.7 Å². The largest absolute Gasteiger partial charge is 0.495 e. The van der Waals surface area contributed by atoms with Crippen LogP contribution in [0.1, 0.15) is 5.56 Å². The van der Waals surface area contributed by atoms with Gasteiger partial charge in [-0.05, 0) is 17.7 Å². The fraction of sp³-hybridized carbons (Fsp3) is 0.333. The summed E-state index contributed by atoms with van der Waals surface area (Å²) in [5, 5.41) is 20.6. The Bertz CT molecular complexity index is 681. The Morgan fingerprint density at radius 3 is 2.05 bits per heavy atom. The highest BCUT2D eigenvalue weighted by Crippen LogP contribution is 2.30. The molecule has 0 heterocycles. The van der Waals surface area contributed by atoms with E-state index in [2.05, 4.69) is 0 Å². The molecule has 0 amide bonds. The molecule has 0 bridgehead atoms. The Balaban J connectivity index is 3.74. The zero-order valence-corrected chi connectivity index (χ0v) is 11.6. The Hall–Kier alpha value is -1.20. The van der Waals surface area contributed by atoms with Gasteiger partial charge in [0.2, 0.25) is 20.0 Å². The summed E-state index contributed by atoms with van der Waals surface area (Å²) < 4.78 is 50.3. The number of hydrogen-bond acceptors (Lipinski definition) is 5. The maximum atomic E-state index is 11.4. The monoisotopic (exact) mass is 309 g/mol. The second kappa shape index (κ2) is 5.43. The molecule has 1 radical (unpaired) electrons. The number of rotatable bonds is 5. The first-order chi connectivity index (χ1) is 8.61. The van der Waals surface area contributed by atoms with Crippen LogP contribution in [0.5, 0.6) is 5.75 Å². The summed E-state index contributed by atoms with van der Waals surface area (Å²) in [5.74, 6) is -0.147. The first-order valence-corrected chi connectivity index (χ1v) is 8.05. The highest BCUT2D eigenvalue weighted by atomic mass is 32.2. The van der Waals surface area contributed by atoms with Crippen molar-refractivity contribution in [2.45, 2.75) is 16.2 Å². The van der Waals surface area contributed by atoms with Gasteiger partial charge in [0.25, 0.3) is 0 Å². The average molecular weight is 309 g/mol. The predicted molar refractivity (Wildman–Crippen MR) is 65.0 cm³/mol. The minimum Gasteiger partial charge on any atom is -0.495 e. The molecule has 0 saturated heterocycles. The summed E-state index contributed by atoms with van der Waals surface area (Å²) in [6, 6.07) is 1.90. The molecule has 0 atom stereocenters. The van der Waals surface area contributed by atoms with Crippen LogP contribution in [-0.4, -0.2) is 30.6 Å². The standard InChI is InChI=1S/C9H13N2O6S2/c1-17-9-6(2-3-12)4-7(18(10,13)14)5-8(9)19(11,15)16/h4-5H,2-3H2,1H3,(H2,10,13,14)(H2,11,15,16). The van der Waals surface area contributed by atoms with E-state index in [-0.39, 0.29) is 17.7 Å². The Labute approximate surface area is 111 Å². The van der Waals surface area contributed by atoms with E-state index in [0.717, 1.165) is 12.1 Å². The van der Waals surface area contributed by atoms with E-state index in [1.807, 2.05) is 0 Å². The maximum absolute atomic E-state index is 11.4. The maximum Gasteiger partial charge on any atom is 0.241 e. The number of hydrogen-bond donors (Lipinski definition) is 2. The van der Waals surface area contributed by atoms with Gasteiger partial charge in [-0.15, -0.1) is 0 Å². The highest BCUT2D eigenvalue weighted by Gasteiger charge is 2.23. The van der Waals surface area contributed by atoms with Crippen molar-refractivity contribution in [1.29, 1.82) is 0 Å². The van der Waals surface area contributed by atoms with E-state index >= 15 is 0 Å². The summed E-state index contributed by atoms with van der Waals surface area (Å²) in [7, 11) is -7.16. The third-order valence-corrected chi connectivity index (χ3v) is 4.12. The van der Waals surface area contributed by atoms with Crippen LogP contribution in [0.3, 0.4) is 0 Å². The number of nitrogens with two attached hydrogens (primary N) is 2. The molecule has 10 heteroatoms. The molecule has 19 heavy (non-hydrogen) atoms. The van der Waals surface area contributed by atoms with E-state index in [1.54, 1.807) is 0 Å². The van der Waals surface area contributed by atoms with Crippen molar-refractivity contribution in [2.75, 3.05) is 13.7 Å². The lowest BCUT2D eigenvalue weighted by Crippen LogP contribution is -2.18. The number of primary sulfonamides is 2. The summed E-state index contributed by atoms with van der Waals surface area (Å²) >= 11 is 0. The van der Waals surface area contributed by atoms with Gasteiger partial charge in [0.15, 0.2) is 0 Å². The molecule has 0 unspecified atom stereocenters.